The summed E-state index contributed by atoms with van der Waals surface area (Å²) in [6, 6.07) is 10.1. The smallest absolute Gasteiger partial charge is 0.137 e. The minimum absolute atomic E-state index is 0.150. The molecule has 2 rings (SSSR count). The fourth-order valence-electron chi connectivity index (χ4n) is 2.21. The summed E-state index contributed by atoms with van der Waals surface area (Å²) in [5, 5.41) is 3.88. The van der Waals surface area contributed by atoms with Gasteiger partial charge in [0.05, 0.1) is 18.2 Å². The van der Waals surface area contributed by atoms with Gasteiger partial charge in [0.15, 0.2) is 0 Å². The molecule has 0 amide bonds. The van der Waals surface area contributed by atoms with Crippen LogP contribution in [0.4, 0.5) is 4.39 Å². The number of methoxy groups -OCH3 is 1. The number of nitrogens with one attached hydrogen (secondary N) is 1. The SMILES string of the molecule is CCNC(c1ccc(OC)c(Cl)c1)c1cc(F)ccc1Br. The molecule has 21 heavy (non-hydrogen) atoms. The summed E-state index contributed by atoms with van der Waals surface area (Å²) in [4.78, 5) is 0. The van der Waals surface area contributed by atoms with Crippen LogP contribution in [0, 0.1) is 5.82 Å². The van der Waals surface area contributed by atoms with Gasteiger partial charge in [-0.05, 0) is 48.0 Å². The summed E-state index contributed by atoms with van der Waals surface area (Å²) in [6.07, 6.45) is 0. The zero-order valence-electron chi connectivity index (χ0n) is 11.8. The normalized spacial score (nSPS) is 12.2. The van der Waals surface area contributed by atoms with Crippen LogP contribution in [0.1, 0.15) is 24.1 Å². The topological polar surface area (TPSA) is 21.3 Å². The number of halogens is 3. The first kappa shape index (κ1) is 16.3. The highest BCUT2D eigenvalue weighted by Crippen LogP contribution is 2.33. The molecule has 0 aliphatic heterocycles. The Morgan fingerprint density at radius 3 is 2.67 bits per heavy atom. The fourth-order valence-corrected chi connectivity index (χ4v) is 2.95. The summed E-state index contributed by atoms with van der Waals surface area (Å²) >= 11 is 9.67. The Morgan fingerprint density at radius 1 is 1.29 bits per heavy atom. The third-order valence-electron chi connectivity index (χ3n) is 3.19. The van der Waals surface area contributed by atoms with E-state index in [0.717, 1.165) is 22.1 Å². The van der Waals surface area contributed by atoms with Crippen molar-refractivity contribution >= 4 is 27.5 Å². The zero-order chi connectivity index (χ0) is 15.4. The van der Waals surface area contributed by atoms with Gasteiger partial charge in [0, 0.05) is 4.47 Å². The van der Waals surface area contributed by atoms with Crippen LogP contribution in [0.5, 0.6) is 5.75 Å². The van der Waals surface area contributed by atoms with E-state index in [1.54, 1.807) is 13.2 Å². The number of rotatable bonds is 5. The maximum absolute atomic E-state index is 13.6. The first-order chi connectivity index (χ1) is 10.1. The van der Waals surface area contributed by atoms with E-state index in [4.69, 9.17) is 16.3 Å². The monoisotopic (exact) mass is 371 g/mol. The molecule has 0 fully saturated rings. The number of benzene rings is 2. The molecule has 0 radical (unpaired) electrons. The third kappa shape index (κ3) is 3.76. The van der Waals surface area contributed by atoms with E-state index < -0.39 is 0 Å². The van der Waals surface area contributed by atoms with Crippen molar-refractivity contribution in [2.24, 2.45) is 0 Å². The van der Waals surface area contributed by atoms with Crippen molar-refractivity contribution in [3.63, 3.8) is 0 Å². The molecular weight excluding hydrogens is 357 g/mol. The van der Waals surface area contributed by atoms with E-state index in [2.05, 4.69) is 21.2 Å². The van der Waals surface area contributed by atoms with Gasteiger partial charge in [-0.3, -0.25) is 0 Å². The van der Waals surface area contributed by atoms with Gasteiger partial charge in [-0.25, -0.2) is 4.39 Å². The molecule has 0 heterocycles. The number of hydrogen-bond acceptors (Lipinski definition) is 2. The molecular formula is C16H16BrClFNO. The summed E-state index contributed by atoms with van der Waals surface area (Å²) in [5.41, 5.74) is 1.78. The van der Waals surface area contributed by atoms with Gasteiger partial charge in [-0.1, -0.05) is 40.5 Å². The van der Waals surface area contributed by atoms with Crippen LogP contribution in [0.2, 0.25) is 5.02 Å². The Kier molecular flexibility index (Phi) is 5.62. The van der Waals surface area contributed by atoms with Gasteiger partial charge in [0.2, 0.25) is 0 Å². The predicted octanol–water partition coefficient (Wildman–Crippen LogP) is 4.95. The van der Waals surface area contributed by atoms with E-state index in [0.29, 0.717) is 10.8 Å². The summed E-state index contributed by atoms with van der Waals surface area (Å²) in [7, 11) is 1.58. The molecule has 0 bridgehead atoms. The van der Waals surface area contributed by atoms with Crippen molar-refractivity contribution in [1.29, 1.82) is 0 Å². The van der Waals surface area contributed by atoms with Crippen molar-refractivity contribution in [2.75, 3.05) is 13.7 Å². The molecule has 2 nitrogen and oxygen atoms in total. The second kappa shape index (κ2) is 7.25. The second-order valence-corrected chi connectivity index (χ2v) is 5.81. The molecule has 1 unspecified atom stereocenters. The fraction of sp³-hybridized carbons (Fsp3) is 0.250. The Morgan fingerprint density at radius 2 is 2.05 bits per heavy atom. The lowest BCUT2D eigenvalue weighted by Gasteiger charge is -2.21. The molecule has 2 aromatic carbocycles. The van der Waals surface area contributed by atoms with Crippen LogP contribution in [0.15, 0.2) is 40.9 Å². The molecule has 0 saturated heterocycles. The minimum atomic E-state index is -0.268. The van der Waals surface area contributed by atoms with Gasteiger partial charge in [-0.2, -0.15) is 0 Å². The number of hydrogen-bond donors (Lipinski definition) is 1. The molecule has 112 valence electrons. The van der Waals surface area contributed by atoms with Gasteiger partial charge in [0.25, 0.3) is 0 Å². The van der Waals surface area contributed by atoms with Crippen molar-refractivity contribution in [2.45, 2.75) is 13.0 Å². The maximum atomic E-state index is 13.6. The molecule has 0 aromatic heterocycles. The summed E-state index contributed by atoms with van der Waals surface area (Å²) < 4.78 is 19.6. The first-order valence-electron chi connectivity index (χ1n) is 6.58. The Labute approximate surface area is 137 Å². The van der Waals surface area contributed by atoms with E-state index in [9.17, 15) is 4.39 Å². The highest BCUT2D eigenvalue weighted by atomic mass is 79.9. The van der Waals surface area contributed by atoms with Crippen LogP contribution in [-0.2, 0) is 0 Å². The van der Waals surface area contributed by atoms with Crippen molar-refractivity contribution in [1.82, 2.24) is 5.32 Å². The molecule has 0 aliphatic carbocycles. The molecule has 1 N–H and O–H groups in total. The molecule has 0 saturated carbocycles. The van der Waals surface area contributed by atoms with Gasteiger partial charge >= 0.3 is 0 Å². The number of ether oxygens (including phenoxy) is 1. The minimum Gasteiger partial charge on any atom is -0.495 e. The molecule has 2 aromatic rings. The lowest BCUT2D eigenvalue weighted by molar-refractivity contribution is 0.414. The highest BCUT2D eigenvalue weighted by molar-refractivity contribution is 9.10. The van der Waals surface area contributed by atoms with Crippen LogP contribution in [0.25, 0.3) is 0 Å². The molecule has 1 atom stereocenters. The highest BCUT2D eigenvalue weighted by Gasteiger charge is 2.18. The predicted molar refractivity (Wildman–Crippen MR) is 87.6 cm³/mol. The lowest BCUT2D eigenvalue weighted by Crippen LogP contribution is -2.22. The van der Waals surface area contributed by atoms with E-state index >= 15 is 0 Å². The zero-order valence-corrected chi connectivity index (χ0v) is 14.1. The summed E-state index contributed by atoms with van der Waals surface area (Å²) in [5.74, 6) is 0.352. The van der Waals surface area contributed by atoms with Crippen LogP contribution < -0.4 is 10.1 Å². The van der Waals surface area contributed by atoms with Gasteiger partial charge in [0.1, 0.15) is 11.6 Å². The first-order valence-corrected chi connectivity index (χ1v) is 7.75. The Bertz CT molecular complexity index is 636. The van der Waals surface area contributed by atoms with E-state index in [-0.39, 0.29) is 11.9 Å². The van der Waals surface area contributed by atoms with Crippen molar-refractivity contribution in [3.8, 4) is 5.75 Å². The van der Waals surface area contributed by atoms with Crippen molar-refractivity contribution < 1.29 is 9.13 Å². The largest absolute Gasteiger partial charge is 0.495 e. The van der Waals surface area contributed by atoms with Crippen LogP contribution in [-0.4, -0.2) is 13.7 Å². The second-order valence-electron chi connectivity index (χ2n) is 4.55. The summed E-state index contributed by atoms with van der Waals surface area (Å²) in [6.45, 7) is 2.75. The van der Waals surface area contributed by atoms with Crippen LogP contribution in [0.3, 0.4) is 0 Å². The lowest BCUT2D eigenvalue weighted by atomic mass is 9.98. The van der Waals surface area contributed by atoms with Gasteiger partial charge in [-0.15, -0.1) is 0 Å². The van der Waals surface area contributed by atoms with Gasteiger partial charge < -0.3 is 10.1 Å². The standard InChI is InChI=1S/C16H16BrClFNO/c1-3-20-16(12-9-11(19)5-6-13(12)17)10-4-7-15(21-2)14(18)8-10/h4-9,16,20H,3H2,1-2H3. The van der Waals surface area contributed by atoms with E-state index in [1.807, 2.05) is 25.1 Å². The van der Waals surface area contributed by atoms with E-state index in [1.165, 1.54) is 12.1 Å². The average molecular weight is 373 g/mol. The Balaban J connectivity index is 2.48. The quantitative estimate of drug-likeness (QED) is 0.802. The Hall–Kier alpha value is -1.10. The maximum Gasteiger partial charge on any atom is 0.137 e. The third-order valence-corrected chi connectivity index (χ3v) is 4.20. The molecule has 0 spiro atoms. The average Bonchev–Trinajstić information content (AvgIpc) is 2.47. The van der Waals surface area contributed by atoms with Crippen molar-refractivity contribution in [3.05, 3.63) is 62.8 Å². The molecule has 5 heteroatoms. The molecule has 0 aliphatic rings. The van der Waals surface area contributed by atoms with Crippen LogP contribution >= 0.6 is 27.5 Å².